The third-order valence-electron chi connectivity index (χ3n) is 5.28. The second kappa shape index (κ2) is 6.94. The van der Waals surface area contributed by atoms with Crippen LogP contribution >= 0.6 is 0 Å². The van der Waals surface area contributed by atoms with Crippen molar-refractivity contribution in [1.82, 2.24) is 5.32 Å². The van der Waals surface area contributed by atoms with E-state index in [0.717, 1.165) is 18.5 Å². The average molecular weight is 344 g/mol. The third-order valence-corrected chi connectivity index (χ3v) is 5.28. The lowest BCUT2D eigenvalue weighted by atomic mass is 9.95. The molecule has 1 saturated carbocycles. The van der Waals surface area contributed by atoms with E-state index in [9.17, 15) is 9.59 Å². The minimum absolute atomic E-state index is 0.0135. The van der Waals surface area contributed by atoms with E-state index in [1.165, 1.54) is 19.3 Å². The van der Waals surface area contributed by atoms with Crippen molar-refractivity contribution >= 4 is 17.5 Å². The molecule has 0 bridgehead atoms. The van der Waals surface area contributed by atoms with Gasteiger partial charge in [0.05, 0.1) is 5.92 Å². The monoisotopic (exact) mass is 344 g/mol. The fourth-order valence-corrected chi connectivity index (χ4v) is 3.90. The van der Waals surface area contributed by atoms with Crippen molar-refractivity contribution in [2.75, 3.05) is 24.7 Å². The fraction of sp³-hybridized carbons (Fsp3) is 0.579. The molecular formula is C19H24N2O4. The van der Waals surface area contributed by atoms with Crippen LogP contribution in [-0.4, -0.2) is 37.6 Å². The Hall–Kier alpha value is -2.24. The minimum atomic E-state index is -0.275. The Balaban J connectivity index is 1.42. The molecule has 3 aliphatic rings. The van der Waals surface area contributed by atoms with Gasteiger partial charge in [-0.05, 0) is 25.0 Å². The van der Waals surface area contributed by atoms with E-state index in [4.69, 9.17) is 9.47 Å². The molecule has 0 radical (unpaired) electrons. The number of hydrogen-bond donors (Lipinski definition) is 1. The largest absolute Gasteiger partial charge is 0.486 e. The topological polar surface area (TPSA) is 67.9 Å². The van der Waals surface area contributed by atoms with Gasteiger partial charge in [-0.15, -0.1) is 0 Å². The van der Waals surface area contributed by atoms with Crippen molar-refractivity contribution in [3.05, 3.63) is 18.2 Å². The van der Waals surface area contributed by atoms with Crippen LogP contribution in [0.5, 0.6) is 11.5 Å². The molecule has 2 fully saturated rings. The van der Waals surface area contributed by atoms with Crippen molar-refractivity contribution in [2.45, 2.75) is 44.6 Å². The molecule has 1 saturated heterocycles. The minimum Gasteiger partial charge on any atom is -0.486 e. The molecule has 2 aliphatic heterocycles. The number of ether oxygens (including phenoxy) is 2. The number of rotatable bonds is 3. The first kappa shape index (κ1) is 16.2. The van der Waals surface area contributed by atoms with E-state index in [2.05, 4.69) is 5.32 Å². The molecule has 2 heterocycles. The number of hydrogen-bond acceptors (Lipinski definition) is 4. The van der Waals surface area contributed by atoms with Gasteiger partial charge < -0.3 is 19.7 Å². The van der Waals surface area contributed by atoms with Crippen LogP contribution in [0.15, 0.2) is 18.2 Å². The molecular weight excluding hydrogens is 320 g/mol. The Morgan fingerprint density at radius 1 is 1.08 bits per heavy atom. The van der Waals surface area contributed by atoms with Gasteiger partial charge in [0.25, 0.3) is 0 Å². The molecule has 1 aromatic carbocycles. The first-order valence-electron chi connectivity index (χ1n) is 9.21. The summed E-state index contributed by atoms with van der Waals surface area (Å²) in [5.74, 6) is 1.09. The second-order valence-corrected chi connectivity index (χ2v) is 7.08. The summed E-state index contributed by atoms with van der Waals surface area (Å²) in [6.07, 6.45) is 5.99. The van der Waals surface area contributed by atoms with Crippen LogP contribution in [0, 0.1) is 5.92 Å². The summed E-state index contributed by atoms with van der Waals surface area (Å²) in [6.45, 7) is 1.48. The van der Waals surface area contributed by atoms with Crippen molar-refractivity contribution in [3.8, 4) is 11.5 Å². The van der Waals surface area contributed by atoms with Gasteiger partial charge in [-0.3, -0.25) is 9.59 Å². The molecule has 25 heavy (non-hydrogen) atoms. The molecule has 0 aromatic heterocycles. The van der Waals surface area contributed by atoms with Gasteiger partial charge in [0, 0.05) is 30.8 Å². The molecule has 6 nitrogen and oxygen atoms in total. The zero-order chi connectivity index (χ0) is 17.2. The highest BCUT2D eigenvalue weighted by Gasteiger charge is 2.36. The highest BCUT2D eigenvalue weighted by Crippen LogP contribution is 2.36. The summed E-state index contributed by atoms with van der Waals surface area (Å²) >= 11 is 0. The Bertz CT molecular complexity index is 669. The number of benzene rings is 1. The lowest BCUT2D eigenvalue weighted by molar-refractivity contribution is -0.127. The van der Waals surface area contributed by atoms with Gasteiger partial charge in [0.2, 0.25) is 11.8 Å². The summed E-state index contributed by atoms with van der Waals surface area (Å²) < 4.78 is 11.1. The average Bonchev–Trinajstić information content (AvgIpc) is 3.04. The van der Waals surface area contributed by atoms with Gasteiger partial charge in [-0.1, -0.05) is 19.3 Å². The predicted molar refractivity (Wildman–Crippen MR) is 92.9 cm³/mol. The highest BCUT2D eigenvalue weighted by atomic mass is 16.6. The van der Waals surface area contributed by atoms with E-state index in [1.54, 1.807) is 4.90 Å². The van der Waals surface area contributed by atoms with E-state index in [0.29, 0.717) is 31.3 Å². The SMILES string of the molecule is O=C(NC1CCCCC1)[C@@H]1CC(=O)N(c2ccc3c(c2)OCCO3)C1. The van der Waals surface area contributed by atoms with Gasteiger partial charge in [0.1, 0.15) is 13.2 Å². The number of nitrogens with one attached hydrogen (secondary N) is 1. The van der Waals surface area contributed by atoms with Gasteiger partial charge >= 0.3 is 0 Å². The van der Waals surface area contributed by atoms with Crippen LogP contribution in [0.4, 0.5) is 5.69 Å². The summed E-state index contributed by atoms with van der Waals surface area (Å²) in [6, 6.07) is 5.78. The van der Waals surface area contributed by atoms with Crippen LogP contribution in [0.3, 0.4) is 0 Å². The molecule has 0 spiro atoms. The van der Waals surface area contributed by atoms with Crippen LogP contribution < -0.4 is 19.7 Å². The van der Waals surface area contributed by atoms with Crippen molar-refractivity contribution in [3.63, 3.8) is 0 Å². The molecule has 6 heteroatoms. The smallest absolute Gasteiger partial charge is 0.227 e. The van der Waals surface area contributed by atoms with Crippen LogP contribution in [0.1, 0.15) is 38.5 Å². The molecule has 1 aromatic rings. The normalized spacial score (nSPS) is 23.6. The van der Waals surface area contributed by atoms with Crippen molar-refractivity contribution in [1.29, 1.82) is 0 Å². The second-order valence-electron chi connectivity index (χ2n) is 7.08. The lowest BCUT2D eigenvalue weighted by Gasteiger charge is -2.24. The maximum Gasteiger partial charge on any atom is 0.227 e. The van der Waals surface area contributed by atoms with Crippen molar-refractivity contribution < 1.29 is 19.1 Å². The molecule has 134 valence electrons. The predicted octanol–water partition coefficient (Wildman–Crippen LogP) is 2.26. The van der Waals surface area contributed by atoms with Crippen molar-refractivity contribution in [2.24, 2.45) is 5.92 Å². The van der Waals surface area contributed by atoms with Crippen LogP contribution in [-0.2, 0) is 9.59 Å². The van der Waals surface area contributed by atoms with Crippen LogP contribution in [0.25, 0.3) is 0 Å². The maximum absolute atomic E-state index is 12.5. The highest BCUT2D eigenvalue weighted by molar-refractivity contribution is 6.00. The Kier molecular flexibility index (Phi) is 4.51. The molecule has 4 rings (SSSR count). The number of anilines is 1. The number of carbonyl (C=O) groups excluding carboxylic acids is 2. The van der Waals surface area contributed by atoms with E-state index < -0.39 is 0 Å². The summed E-state index contributed by atoms with van der Waals surface area (Å²) in [7, 11) is 0. The first-order valence-corrected chi connectivity index (χ1v) is 9.21. The number of fused-ring (bicyclic) bond motifs is 1. The zero-order valence-electron chi connectivity index (χ0n) is 14.3. The fourth-order valence-electron chi connectivity index (χ4n) is 3.90. The number of carbonyl (C=O) groups is 2. The number of nitrogens with zero attached hydrogens (tertiary/aromatic N) is 1. The molecule has 1 atom stereocenters. The quantitative estimate of drug-likeness (QED) is 0.913. The van der Waals surface area contributed by atoms with E-state index >= 15 is 0 Å². The van der Waals surface area contributed by atoms with Gasteiger partial charge in [-0.25, -0.2) is 0 Å². The zero-order valence-corrected chi connectivity index (χ0v) is 14.3. The summed E-state index contributed by atoms with van der Waals surface area (Å²) in [5, 5.41) is 3.14. The summed E-state index contributed by atoms with van der Waals surface area (Å²) in [5.41, 5.74) is 0.766. The molecule has 0 unspecified atom stereocenters. The lowest BCUT2D eigenvalue weighted by Crippen LogP contribution is -2.40. The first-order chi connectivity index (χ1) is 12.2. The third kappa shape index (κ3) is 3.43. The van der Waals surface area contributed by atoms with E-state index in [-0.39, 0.29) is 30.2 Å². The Labute approximate surface area is 147 Å². The standard InChI is InChI=1S/C19H24N2O4/c22-18-10-13(19(23)20-14-4-2-1-3-5-14)12-21(18)15-6-7-16-17(11-15)25-9-8-24-16/h6-7,11,13-14H,1-5,8-10,12H2,(H,20,23)/t13-/m1/s1. The maximum atomic E-state index is 12.5. The molecule has 1 N–H and O–H groups in total. The van der Waals surface area contributed by atoms with Gasteiger partial charge in [0.15, 0.2) is 11.5 Å². The molecule has 1 aliphatic carbocycles. The van der Waals surface area contributed by atoms with E-state index in [1.807, 2.05) is 18.2 Å². The number of amides is 2. The van der Waals surface area contributed by atoms with Crippen LogP contribution in [0.2, 0.25) is 0 Å². The van der Waals surface area contributed by atoms with Gasteiger partial charge in [-0.2, -0.15) is 0 Å². The summed E-state index contributed by atoms with van der Waals surface area (Å²) in [4.78, 5) is 26.6. The Morgan fingerprint density at radius 3 is 2.64 bits per heavy atom. The molecule has 2 amide bonds. The Morgan fingerprint density at radius 2 is 1.84 bits per heavy atom.